The van der Waals surface area contributed by atoms with Crippen molar-refractivity contribution in [1.82, 2.24) is 4.90 Å². The second-order valence-electron chi connectivity index (χ2n) is 4.70. The number of hydrogen-bond acceptors (Lipinski definition) is 6. The molecule has 0 aromatic carbocycles. The molecule has 0 aromatic rings. The molecule has 1 rings (SSSR count). The molecular formula is C11H22N2O5S. The lowest BCUT2D eigenvalue weighted by Crippen LogP contribution is -2.50. The normalized spacial score (nSPS) is 23.2. The van der Waals surface area contributed by atoms with E-state index >= 15 is 0 Å². The molecule has 1 heterocycles. The Hall–Kier alpha value is -0.700. The summed E-state index contributed by atoms with van der Waals surface area (Å²) in [5, 5.41) is 9.03. The molecule has 1 aliphatic rings. The van der Waals surface area contributed by atoms with E-state index in [0.29, 0.717) is 19.4 Å². The molecule has 0 aliphatic carbocycles. The fraction of sp³-hybridized carbons (Fsp3) is 0.909. The number of carbonyl (C=O) groups is 1. The van der Waals surface area contributed by atoms with E-state index in [4.69, 9.17) is 15.6 Å². The summed E-state index contributed by atoms with van der Waals surface area (Å²) in [6, 6.07) is -1.10. The fourth-order valence-electron chi connectivity index (χ4n) is 2.18. The molecule has 1 amide bonds. The van der Waals surface area contributed by atoms with Gasteiger partial charge in [-0.25, -0.2) is 8.42 Å². The number of carbonyl (C=O) groups excluding carboxylic acids is 1. The van der Waals surface area contributed by atoms with Gasteiger partial charge in [0.2, 0.25) is 5.91 Å². The van der Waals surface area contributed by atoms with Crippen molar-refractivity contribution in [3.63, 3.8) is 0 Å². The molecular weight excluding hydrogens is 272 g/mol. The van der Waals surface area contributed by atoms with Crippen molar-refractivity contribution in [2.24, 2.45) is 5.73 Å². The van der Waals surface area contributed by atoms with Gasteiger partial charge in [-0.05, 0) is 12.8 Å². The van der Waals surface area contributed by atoms with Gasteiger partial charge in [0, 0.05) is 26.3 Å². The fourth-order valence-corrected chi connectivity index (χ4v) is 3.91. The number of hydrogen-bond donors (Lipinski definition) is 2. The van der Waals surface area contributed by atoms with Crippen LogP contribution in [0.4, 0.5) is 0 Å². The van der Waals surface area contributed by atoms with E-state index in [1.165, 1.54) is 12.0 Å². The first-order valence-electron chi connectivity index (χ1n) is 6.27. The Morgan fingerprint density at radius 2 is 2.26 bits per heavy atom. The molecule has 1 fully saturated rings. The summed E-state index contributed by atoms with van der Waals surface area (Å²) in [5.41, 5.74) is 5.77. The lowest BCUT2D eigenvalue weighted by Gasteiger charge is -2.30. The Kier molecular flexibility index (Phi) is 6.18. The van der Waals surface area contributed by atoms with Crippen molar-refractivity contribution >= 4 is 15.7 Å². The summed E-state index contributed by atoms with van der Waals surface area (Å²) in [6.07, 6.45) is 0.780. The Labute approximate surface area is 113 Å². The highest BCUT2D eigenvalue weighted by Crippen LogP contribution is 2.18. The largest absolute Gasteiger partial charge is 0.395 e. The van der Waals surface area contributed by atoms with Crippen LogP contribution in [-0.2, 0) is 19.4 Å². The Morgan fingerprint density at radius 1 is 1.58 bits per heavy atom. The van der Waals surface area contributed by atoms with Gasteiger partial charge < -0.3 is 20.5 Å². The van der Waals surface area contributed by atoms with Gasteiger partial charge in [-0.3, -0.25) is 4.79 Å². The zero-order chi connectivity index (χ0) is 14.5. The Bertz CT molecular complexity index is 398. The topological polar surface area (TPSA) is 110 Å². The Balaban J connectivity index is 2.69. The van der Waals surface area contributed by atoms with Gasteiger partial charge in [0.25, 0.3) is 0 Å². The van der Waals surface area contributed by atoms with E-state index in [2.05, 4.69) is 0 Å². The highest BCUT2D eigenvalue weighted by Gasteiger charge is 2.35. The van der Waals surface area contributed by atoms with Crippen LogP contribution in [0.3, 0.4) is 0 Å². The standard InChI is InChI=1S/C11H22N2O5S/c1-18-6-2-10(12)11(15)13(4-5-14)9-3-7-19(16,17)8-9/h9-10,14H,2-8,12H2,1H3. The number of ether oxygens (including phenoxy) is 1. The third kappa shape index (κ3) is 4.72. The molecule has 0 aromatic heterocycles. The van der Waals surface area contributed by atoms with Crippen molar-refractivity contribution in [1.29, 1.82) is 0 Å². The molecule has 19 heavy (non-hydrogen) atoms. The molecule has 0 radical (unpaired) electrons. The number of rotatable bonds is 7. The number of nitrogens with two attached hydrogens (primary N) is 1. The van der Waals surface area contributed by atoms with E-state index in [-0.39, 0.29) is 36.6 Å². The first-order chi connectivity index (χ1) is 8.91. The third-order valence-electron chi connectivity index (χ3n) is 3.22. The van der Waals surface area contributed by atoms with Gasteiger partial charge in [-0.15, -0.1) is 0 Å². The first kappa shape index (κ1) is 16.4. The number of sulfone groups is 1. The zero-order valence-electron chi connectivity index (χ0n) is 11.1. The lowest BCUT2D eigenvalue weighted by molar-refractivity contribution is -0.135. The molecule has 8 heteroatoms. The van der Waals surface area contributed by atoms with Crippen LogP contribution in [0.2, 0.25) is 0 Å². The van der Waals surface area contributed by atoms with Crippen LogP contribution in [0.15, 0.2) is 0 Å². The number of aliphatic hydroxyl groups is 1. The van der Waals surface area contributed by atoms with Gasteiger partial charge in [-0.1, -0.05) is 0 Å². The van der Waals surface area contributed by atoms with Gasteiger partial charge in [0.15, 0.2) is 9.84 Å². The van der Waals surface area contributed by atoms with E-state index in [0.717, 1.165) is 0 Å². The van der Waals surface area contributed by atoms with Crippen molar-refractivity contribution in [3.05, 3.63) is 0 Å². The van der Waals surface area contributed by atoms with Crippen LogP contribution in [0.5, 0.6) is 0 Å². The predicted octanol–water partition coefficient (Wildman–Crippen LogP) is -1.64. The molecule has 3 N–H and O–H groups in total. The molecule has 7 nitrogen and oxygen atoms in total. The highest BCUT2D eigenvalue weighted by atomic mass is 32.2. The quantitative estimate of drug-likeness (QED) is 0.582. The average Bonchev–Trinajstić information content (AvgIpc) is 2.72. The summed E-state index contributed by atoms with van der Waals surface area (Å²) in [6.45, 7) is 0.266. The monoisotopic (exact) mass is 294 g/mol. The van der Waals surface area contributed by atoms with Crippen LogP contribution in [-0.4, -0.2) is 74.8 Å². The zero-order valence-corrected chi connectivity index (χ0v) is 11.9. The molecule has 2 atom stereocenters. The highest BCUT2D eigenvalue weighted by molar-refractivity contribution is 7.91. The second kappa shape index (κ2) is 7.18. The SMILES string of the molecule is COCCC(N)C(=O)N(CCO)C1CCS(=O)(=O)C1. The van der Waals surface area contributed by atoms with Gasteiger partial charge in [-0.2, -0.15) is 0 Å². The Morgan fingerprint density at radius 3 is 2.74 bits per heavy atom. The third-order valence-corrected chi connectivity index (χ3v) is 4.97. The lowest BCUT2D eigenvalue weighted by atomic mass is 10.1. The molecule has 0 saturated carbocycles. The molecule has 0 bridgehead atoms. The summed E-state index contributed by atoms with van der Waals surface area (Å²) < 4.78 is 27.8. The number of amides is 1. The first-order valence-corrected chi connectivity index (χ1v) is 8.09. The molecule has 2 unspecified atom stereocenters. The maximum atomic E-state index is 12.2. The predicted molar refractivity (Wildman–Crippen MR) is 70.3 cm³/mol. The number of methoxy groups -OCH3 is 1. The van der Waals surface area contributed by atoms with Crippen LogP contribution >= 0.6 is 0 Å². The van der Waals surface area contributed by atoms with E-state index in [1.807, 2.05) is 0 Å². The minimum Gasteiger partial charge on any atom is -0.395 e. The molecule has 1 saturated heterocycles. The van der Waals surface area contributed by atoms with Gasteiger partial charge >= 0.3 is 0 Å². The van der Waals surface area contributed by atoms with Crippen LogP contribution in [0.1, 0.15) is 12.8 Å². The minimum absolute atomic E-state index is 0.0459. The number of nitrogens with zero attached hydrogens (tertiary/aromatic N) is 1. The van der Waals surface area contributed by atoms with E-state index in [1.54, 1.807) is 0 Å². The number of aliphatic hydroxyl groups excluding tert-OH is 1. The second-order valence-corrected chi connectivity index (χ2v) is 6.93. The maximum absolute atomic E-state index is 12.2. The molecule has 0 spiro atoms. The van der Waals surface area contributed by atoms with Crippen molar-refractivity contribution in [3.8, 4) is 0 Å². The minimum atomic E-state index is -3.08. The molecule has 112 valence electrons. The summed E-state index contributed by atoms with van der Waals surface area (Å²) in [5.74, 6) is -0.288. The van der Waals surface area contributed by atoms with E-state index in [9.17, 15) is 13.2 Å². The van der Waals surface area contributed by atoms with E-state index < -0.39 is 15.9 Å². The summed E-state index contributed by atoms with van der Waals surface area (Å²) in [4.78, 5) is 13.6. The smallest absolute Gasteiger partial charge is 0.239 e. The average molecular weight is 294 g/mol. The van der Waals surface area contributed by atoms with Crippen molar-refractivity contribution < 1.29 is 23.1 Å². The van der Waals surface area contributed by atoms with Crippen molar-refractivity contribution in [2.45, 2.75) is 24.9 Å². The van der Waals surface area contributed by atoms with Crippen molar-refractivity contribution in [2.75, 3.05) is 38.4 Å². The van der Waals surface area contributed by atoms with Crippen LogP contribution < -0.4 is 5.73 Å². The summed E-state index contributed by atoms with van der Waals surface area (Å²) >= 11 is 0. The van der Waals surface area contributed by atoms with Gasteiger partial charge in [0.1, 0.15) is 0 Å². The maximum Gasteiger partial charge on any atom is 0.239 e. The van der Waals surface area contributed by atoms with Crippen LogP contribution in [0, 0.1) is 0 Å². The van der Waals surface area contributed by atoms with Gasteiger partial charge in [0.05, 0.1) is 24.2 Å². The molecule has 1 aliphatic heterocycles. The van der Waals surface area contributed by atoms with Crippen LogP contribution in [0.25, 0.3) is 0 Å². The summed E-state index contributed by atoms with van der Waals surface area (Å²) in [7, 11) is -1.56.